The van der Waals surface area contributed by atoms with Gasteiger partial charge in [-0.05, 0) is 29.0 Å². The molecule has 1 fully saturated rings. The number of nitrogens with two attached hydrogens (primary N) is 1. The lowest BCUT2D eigenvalue weighted by Gasteiger charge is -2.30. The van der Waals surface area contributed by atoms with Crippen molar-refractivity contribution in [3.63, 3.8) is 0 Å². The molecule has 1 unspecified atom stereocenters. The maximum Gasteiger partial charge on any atom is 0.255 e. The Morgan fingerprint density at radius 1 is 1.74 bits per heavy atom. The number of pyridine rings is 1. The van der Waals surface area contributed by atoms with Gasteiger partial charge in [-0.15, -0.1) is 0 Å². The molecule has 1 aliphatic rings. The van der Waals surface area contributed by atoms with Crippen molar-refractivity contribution in [2.75, 3.05) is 39.0 Å². The van der Waals surface area contributed by atoms with Gasteiger partial charge in [0.05, 0.1) is 18.3 Å². The monoisotopic (exact) mass is 328 g/mol. The van der Waals surface area contributed by atoms with Crippen LogP contribution in [0.4, 0.5) is 5.82 Å². The molecule has 104 valence electrons. The Morgan fingerprint density at radius 3 is 3.26 bits per heavy atom. The van der Waals surface area contributed by atoms with Gasteiger partial charge in [0.15, 0.2) is 0 Å². The van der Waals surface area contributed by atoms with Crippen LogP contribution in [0.2, 0.25) is 0 Å². The number of ether oxygens (including phenoxy) is 1. The van der Waals surface area contributed by atoms with E-state index in [4.69, 9.17) is 10.5 Å². The highest BCUT2D eigenvalue weighted by molar-refractivity contribution is 9.10. The van der Waals surface area contributed by atoms with Gasteiger partial charge in [0.25, 0.3) is 5.91 Å². The highest BCUT2D eigenvalue weighted by atomic mass is 79.9. The number of hydrogen-bond acceptors (Lipinski definition) is 5. The Bertz CT molecular complexity index is 469. The van der Waals surface area contributed by atoms with Gasteiger partial charge in [-0.3, -0.25) is 4.79 Å². The van der Waals surface area contributed by atoms with Gasteiger partial charge >= 0.3 is 0 Å². The zero-order chi connectivity index (χ0) is 13.8. The Labute approximate surface area is 120 Å². The van der Waals surface area contributed by atoms with E-state index in [1.54, 1.807) is 12.3 Å². The quantitative estimate of drug-likeness (QED) is 0.843. The number of carbonyl (C=O) groups is 1. The number of nitrogens with zero attached hydrogens (tertiary/aromatic N) is 2. The highest BCUT2D eigenvalue weighted by Crippen LogP contribution is 2.15. The Hall–Kier alpha value is -1.18. The Balaban J connectivity index is 1.92. The number of anilines is 1. The van der Waals surface area contributed by atoms with Gasteiger partial charge in [0, 0.05) is 30.3 Å². The smallest absolute Gasteiger partial charge is 0.255 e. The molecule has 19 heavy (non-hydrogen) atoms. The lowest BCUT2D eigenvalue weighted by Crippen LogP contribution is -2.46. The first kappa shape index (κ1) is 14.2. The van der Waals surface area contributed by atoms with E-state index in [1.165, 1.54) is 0 Å². The molecule has 6 nitrogen and oxygen atoms in total. The fourth-order valence-electron chi connectivity index (χ4n) is 1.92. The lowest BCUT2D eigenvalue weighted by molar-refractivity contribution is -0.0175. The molecule has 0 spiro atoms. The summed E-state index contributed by atoms with van der Waals surface area (Å²) < 4.78 is 6.30. The largest absolute Gasteiger partial charge is 0.383 e. The zero-order valence-electron chi connectivity index (χ0n) is 10.7. The van der Waals surface area contributed by atoms with Crippen molar-refractivity contribution < 1.29 is 9.53 Å². The first-order valence-electron chi connectivity index (χ1n) is 6.05. The van der Waals surface area contributed by atoms with Gasteiger partial charge in [0.1, 0.15) is 5.82 Å². The minimum Gasteiger partial charge on any atom is -0.383 e. The first-order valence-corrected chi connectivity index (χ1v) is 6.85. The molecule has 1 aliphatic heterocycles. The summed E-state index contributed by atoms with van der Waals surface area (Å²) in [5, 5.41) is 2.83. The van der Waals surface area contributed by atoms with Gasteiger partial charge < -0.3 is 20.7 Å². The molecule has 2 rings (SSSR count). The van der Waals surface area contributed by atoms with Crippen LogP contribution in [0.3, 0.4) is 0 Å². The van der Waals surface area contributed by atoms with Crippen molar-refractivity contribution in [3.05, 3.63) is 22.3 Å². The standard InChI is InChI=1S/C12H17BrN4O2/c1-17-2-3-19-9(7-17)6-16-12(18)10-4-8(13)5-15-11(10)14/h4-5,9H,2-3,6-7H2,1H3,(H2,14,15)(H,16,18). The second-order valence-corrected chi connectivity index (χ2v) is 5.47. The van der Waals surface area contributed by atoms with Crippen LogP contribution in [0.15, 0.2) is 16.7 Å². The molecule has 1 atom stereocenters. The molecule has 0 radical (unpaired) electrons. The molecule has 2 heterocycles. The third-order valence-electron chi connectivity index (χ3n) is 2.96. The predicted molar refractivity (Wildman–Crippen MR) is 75.9 cm³/mol. The Morgan fingerprint density at radius 2 is 2.53 bits per heavy atom. The predicted octanol–water partition coefficient (Wildman–Crippen LogP) is 0.487. The molecule has 1 saturated heterocycles. The summed E-state index contributed by atoms with van der Waals surface area (Å²) in [6.45, 7) is 2.90. The minimum absolute atomic E-state index is 0.0176. The molecule has 0 aromatic carbocycles. The van der Waals surface area contributed by atoms with Crippen molar-refractivity contribution in [3.8, 4) is 0 Å². The van der Waals surface area contributed by atoms with Crippen LogP contribution in [0.25, 0.3) is 0 Å². The van der Waals surface area contributed by atoms with E-state index in [9.17, 15) is 4.79 Å². The summed E-state index contributed by atoms with van der Waals surface area (Å²) in [5.74, 6) is -0.00879. The maximum absolute atomic E-state index is 12.0. The van der Waals surface area contributed by atoms with Crippen LogP contribution in [0, 0.1) is 0 Å². The van der Waals surface area contributed by atoms with Crippen LogP contribution in [0.5, 0.6) is 0 Å². The first-order chi connectivity index (χ1) is 9.06. The van der Waals surface area contributed by atoms with E-state index in [1.807, 2.05) is 7.05 Å². The van der Waals surface area contributed by atoms with Gasteiger partial charge in [-0.25, -0.2) is 4.98 Å². The van der Waals surface area contributed by atoms with E-state index in [-0.39, 0.29) is 17.8 Å². The molecule has 1 amide bonds. The molecular weight excluding hydrogens is 312 g/mol. The number of aromatic nitrogens is 1. The SMILES string of the molecule is CN1CCOC(CNC(=O)c2cc(Br)cnc2N)C1. The van der Waals surface area contributed by atoms with Gasteiger partial charge in [-0.2, -0.15) is 0 Å². The average molecular weight is 329 g/mol. The molecule has 1 aromatic heterocycles. The second kappa shape index (κ2) is 6.31. The van der Waals surface area contributed by atoms with Crippen molar-refractivity contribution in [1.82, 2.24) is 15.2 Å². The molecule has 0 aliphatic carbocycles. The summed E-state index contributed by atoms with van der Waals surface area (Å²) in [4.78, 5) is 18.1. The molecule has 0 saturated carbocycles. The molecular formula is C12H17BrN4O2. The molecule has 7 heteroatoms. The number of rotatable bonds is 3. The van der Waals surface area contributed by atoms with Crippen LogP contribution in [-0.2, 0) is 4.74 Å². The number of halogens is 1. The number of carbonyl (C=O) groups excluding carboxylic acids is 1. The third-order valence-corrected chi connectivity index (χ3v) is 3.40. The second-order valence-electron chi connectivity index (χ2n) is 4.55. The van der Waals surface area contributed by atoms with Crippen LogP contribution in [-0.4, -0.2) is 55.2 Å². The van der Waals surface area contributed by atoms with Gasteiger partial charge in [-0.1, -0.05) is 0 Å². The summed E-state index contributed by atoms with van der Waals surface area (Å²) in [7, 11) is 2.04. The number of nitrogen functional groups attached to an aromatic ring is 1. The van der Waals surface area contributed by atoms with Crippen molar-refractivity contribution in [2.45, 2.75) is 6.10 Å². The van der Waals surface area contributed by atoms with Crippen molar-refractivity contribution >= 4 is 27.7 Å². The van der Waals surface area contributed by atoms with Crippen LogP contribution < -0.4 is 11.1 Å². The summed E-state index contributed by atoms with van der Waals surface area (Å²) in [6.07, 6.45) is 1.58. The fraction of sp³-hybridized carbons (Fsp3) is 0.500. The van der Waals surface area contributed by atoms with Gasteiger partial charge in [0.2, 0.25) is 0 Å². The number of likely N-dealkylation sites (N-methyl/N-ethyl adjacent to an activating group) is 1. The Kier molecular flexibility index (Phi) is 4.73. The summed E-state index contributed by atoms with van der Waals surface area (Å²) >= 11 is 3.27. The average Bonchev–Trinajstić information content (AvgIpc) is 2.39. The number of nitrogens with one attached hydrogen (secondary N) is 1. The maximum atomic E-state index is 12.0. The van der Waals surface area contributed by atoms with Crippen molar-refractivity contribution in [1.29, 1.82) is 0 Å². The molecule has 1 aromatic rings. The van der Waals surface area contributed by atoms with E-state index in [0.29, 0.717) is 18.7 Å². The van der Waals surface area contributed by atoms with E-state index >= 15 is 0 Å². The highest BCUT2D eigenvalue weighted by Gasteiger charge is 2.19. The zero-order valence-corrected chi connectivity index (χ0v) is 12.3. The lowest BCUT2D eigenvalue weighted by atomic mass is 10.2. The number of hydrogen-bond donors (Lipinski definition) is 2. The fourth-order valence-corrected chi connectivity index (χ4v) is 2.26. The topological polar surface area (TPSA) is 80.5 Å². The van der Waals surface area contributed by atoms with E-state index in [2.05, 4.69) is 31.1 Å². The molecule has 0 bridgehead atoms. The number of amides is 1. The molecule has 3 N–H and O–H groups in total. The normalized spacial score (nSPS) is 20.2. The van der Waals surface area contributed by atoms with Crippen LogP contribution in [0.1, 0.15) is 10.4 Å². The van der Waals surface area contributed by atoms with Crippen molar-refractivity contribution in [2.24, 2.45) is 0 Å². The minimum atomic E-state index is -0.233. The van der Waals surface area contributed by atoms with Crippen LogP contribution >= 0.6 is 15.9 Å². The van der Waals surface area contributed by atoms with E-state index in [0.717, 1.165) is 17.6 Å². The summed E-state index contributed by atoms with van der Waals surface area (Å²) in [6, 6.07) is 1.66. The van der Waals surface area contributed by atoms with E-state index < -0.39 is 0 Å². The number of morpholine rings is 1. The summed E-state index contributed by atoms with van der Waals surface area (Å²) in [5.41, 5.74) is 6.06. The third kappa shape index (κ3) is 3.89.